The first-order chi connectivity index (χ1) is 6.70. The van der Waals surface area contributed by atoms with Crippen LogP contribution in [-0.4, -0.2) is 35.3 Å². The summed E-state index contributed by atoms with van der Waals surface area (Å²) in [5, 5.41) is 2.83. The van der Waals surface area contributed by atoms with Crippen molar-refractivity contribution in [2.45, 2.75) is 6.92 Å². The minimum atomic E-state index is -0.143. The molecule has 1 amide bonds. The third-order valence-corrected chi connectivity index (χ3v) is 2.31. The standard InChI is InChI=1S/C9H13N3O2/c1-9(5-14-6-9)4-11-8(13)12-3-2-10-7-12/h2-3,7H,4-6H2,1H3,(H,11,13). The van der Waals surface area contributed by atoms with Crippen LogP contribution < -0.4 is 5.32 Å². The van der Waals surface area contributed by atoms with Crippen molar-refractivity contribution in [3.05, 3.63) is 18.7 Å². The summed E-state index contributed by atoms with van der Waals surface area (Å²) >= 11 is 0. The van der Waals surface area contributed by atoms with Crippen molar-refractivity contribution < 1.29 is 9.53 Å². The highest BCUT2D eigenvalue weighted by molar-refractivity contribution is 5.76. The van der Waals surface area contributed by atoms with E-state index in [9.17, 15) is 4.79 Å². The predicted molar refractivity (Wildman–Crippen MR) is 49.9 cm³/mol. The smallest absolute Gasteiger partial charge is 0.326 e. The van der Waals surface area contributed by atoms with Crippen LogP contribution in [0.5, 0.6) is 0 Å². The van der Waals surface area contributed by atoms with Crippen molar-refractivity contribution in [2.75, 3.05) is 19.8 Å². The Morgan fingerprint density at radius 3 is 3.00 bits per heavy atom. The van der Waals surface area contributed by atoms with Gasteiger partial charge in [-0.05, 0) is 0 Å². The summed E-state index contributed by atoms with van der Waals surface area (Å²) in [4.78, 5) is 15.3. The molecule has 1 aromatic heterocycles. The van der Waals surface area contributed by atoms with Crippen LogP contribution in [0.2, 0.25) is 0 Å². The first-order valence-corrected chi connectivity index (χ1v) is 4.54. The molecule has 0 aliphatic carbocycles. The van der Waals surface area contributed by atoms with Crippen LogP contribution in [-0.2, 0) is 4.74 Å². The van der Waals surface area contributed by atoms with E-state index in [-0.39, 0.29) is 11.4 Å². The van der Waals surface area contributed by atoms with Crippen LogP contribution in [0.25, 0.3) is 0 Å². The molecule has 5 heteroatoms. The van der Waals surface area contributed by atoms with E-state index in [1.807, 2.05) is 0 Å². The molecule has 0 spiro atoms. The van der Waals surface area contributed by atoms with Gasteiger partial charge in [0.05, 0.1) is 13.2 Å². The van der Waals surface area contributed by atoms with Crippen molar-refractivity contribution in [1.82, 2.24) is 14.9 Å². The quantitative estimate of drug-likeness (QED) is 0.746. The number of carbonyl (C=O) groups excluding carboxylic acids is 1. The Kier molecular flexibility index (Phi) is 2.25. The van der Waals surface area contributed by atoms with E-state index >= 15 is 0 Å². The molecule has 1 N–H and O–H groups in total. The number of nitrogens with zero attached hydrogens (tertiary/aromatic N) is 2. The molecule has 1 aliphatic rings. The molecule has 0 saturated carbocycles. The van der Waals surface area contributed by atoms with Gasteiger partial charge in [-0.25, -0.2) is 9.78 Å². The Morgan fingerprint density at radius 2 is 2.50 bits per heavy atom. The summed E-state index contributed by atoms with van der Waals surface area (Å²) in [5.41, 5.74) is 0.107. The Morgan fingerprint density at radius 1 is 1.71 bits per heavy atom. The molecule has 0 unspecified atom stereocenters. The van der Waals surface area contributed by atoms with Crippen LogP contribution >= 0.6 is 0 Å². The molecule has 0 atom stereocenters. The molecule has 5 nitrogen and oxygen atoms in total. The van der Waals surface area contributed by atoms with E-state index < -0.39 is 0 Å². The van der Waals surface area contributed by atoms with E-state index in [1.54, 1.807) is 12.4 Å². The first kappa shape index (κ1) is 9.21. The van der Waals surface area contributed by atoms with Crippen molar-refractivity contribution >= 4 is 6.03 Å². The summed E-state index contributed by atoms with van der Waals surface area (Å²) in [7, 11) is 0. The van der Waals surface area contributed by atoms with Gasteiger partial charge >= 0.3 is 6.03 Å². The van der Waals surface area contributed by atoms with Crippen LogP contribution in [0.4, 0.5) is 4.79 Å². The number of aromatic nitrogens is 2. The Labute approximate surface area is 82.1 Å². The van der Waals surface area contributed by atoms with Gasteiger partial charge < -0.3 is 10.1 Å². The average Bonchev–Trinajstić information content (AvgIpc) is 2.63. The van der Waals surface area contributed by atoms with Gasteiger partial charge in [-0.3, -0.25) is 4.57 Å². The van der Waals surface area contributed by atoms with E-state index in [2.05, 4.69) is 17.2 Å². The monoisotopic (exact) mass is 195 g/mol. The zero-order valence-corrected chi connectivity index (χ0v) is 8.06. The molecule has 2 rings (SSSR count). The number of hydrogen-bond donors (Lipinski definition) is 1. The van der Waals surface area contributed by atoms with Crippen LogP contribution in [0.15, 0.2) is 18.7 Å². The number of hydrogen-bond acceptors (Lipinski definition) is 3. The number of imidazole rings is 1. The molecule has 2 heterocycles. The summed E-state index contributed by atoms with van der Waals surface area (Å²) in [6.45, 7) is 4.17. The lowest BCUT2D eigenvalue weighted by atomic mass is 9.89. The van der Waals surface area contributed by atoms with Gasteiger partial charge in [0.2, 0.25) is 0 Å². The summed E-state index contributed by atoms with van der Waals surface area (Å²) < 4.78 is 6.51. The van der Waals surface area contributed by atoms with E-state index in [0.29, 0.717) is 6.54 Å². The zero-order chi connectivity index (χ0) is 10.0. The Bertz CT molecular complexity index is 317. The highest BCUT2D eigenvalue weighted by Crippen LogP contribution is 2.24. The molecule has 1 saturated heterocycles. The topological polar surface area (TPSA) is 56.2 Å². The van der Waals surface area contributed by atoms with Gasteiger partial charge in [0.15, 0.2) is 0 Å². The van der Waals surface area contributed by atoms with Crippen LogP contribution in [0.1, 0.15) is 6.92 Å². The molecule has 0 aromatic carbocycles. The van der Waals surface area contributed by atoms with Crippen LogP contribution in [0, 0.1) is 5.41 Å². The van der Waals surface area contributed by atoms with Gasteiger partial charge in [-0.1, -0.05) is 6.92 Å². The zero-order valence-electron chi connectivity index (χ0n) is 8.06. The molecular formula is C9H13N3O2. The largest absolute Gasteiger partial charge is 0.380 e. The first-order valence-electron chi connectivity index (χ1n) is 4.54. The van der Waals surface area contributed by atoms with E-state index in [1.165, 1.54) is 10.9 Å². The Balaban J connectivity index is 1.84. The summed E-state index contributed by atoms with van der Waals surface area (Å²) in [6.07, 6.45) is 4.68. The van der Waals surface area contributed by atoms with Crippen molar-refractivity contribution in [3.63, 3.8) is 0 Å². The molecular weight excluding hydrogens is 182 g/mol. The summed E-state index contributed by atoms with van der Waals surface area (Å²) in [6, 6.07) is -0.143. The summed E-state index contributed by atoms with van der Waals surface area (Å²) in [5.74, 6) is 0. The molecule has 0 bridgehead atoms. The number of ether oxygens (including phenoxy) is 1. The number of rotatable bonds is 2. The second-order valence-electron chi connectivity index (χ2n) is 3.93. The molecule has 1 aliphatic heterocycles. The molecule has 1 fully saturated rings. The SMILES string of the molecule is CC1(CNC(=O)n2ccnc2)COC1. The third kappa shape index (κ3) is 1.77. The fourth-order valence-corrected chi connectivity index (χ4v) is 1.31. The van der Waals surface area contributed by atoms with Crippen molar-refractivity contribution in [2.24, 2.45) is 5.41 Å². The fourth-order valence-electron chi connectivity index (χ4n) is 1.31. The van der Waals surface area contributed by atoms with Gasteiger partial charge in [-0.15, -0.1) is 0 Å². The third-order valence-electron chi connectivity index (χ3n) is 2.31. The fraction of sp³-hybridized carbons (Fsp3) is 0.556. The van der Waals surface area contributed by atoms with Crippen LogP contribution in [0.3, 0.4) is 0 Å². The highest BCUT2D eigenvalue weighted by atomic mass is 16.5. The minimum absolute atomic E-state index is 0.107. The number of nitrogens with one attached hydrogen (secondary N) is 1. The van der Waals surface area contributed by atoms with Gasteiger partial charge in [0.25, 0.3) is 0 Å². The van der Waals surface area contributed by atoms with Crippen molar-refractivity contribution in [1.29, 1.82) is 0 Å². The lowest BCUT2D eigenvalue weighted by Crippen LogP contribution is -2.49. The van der Waals surface area contributed by atoms with Gasteiger partial charge in [-0.2, -0.15) is 0 Å². The lowest BCUT2D eigenvalue weighted by Gasteiger charge is -2.37. The van der Waals surface area contributed by atoms with Gasteiger partial charge in [0, 0.05) is 24.4 Å². The molecule has 76 valence electrons. The maximum atomic E-state index is 11.5. The molecule has 0 radical (unpaired) electrons. The average molecular weight is 195 g/mol. The predicted octanol–water partition coefficient (Wildman–Crippen LogP) is 0.477. The highest BCUT2D eigenvalue weighted by Gasteiger charge is 2.33. The number of carbonyl (C=O) groups is 1. The lowest BCUT2D eigenvalue weighted by molar-refractivity contribution is -0.0975. The van der Waals surface area contributed by atoms with E-state index in [4.69, 9.17) is 4.74 Å². The second kappa shape index (κ2) is 3.42. The minimum Gasteiger partial charge on any atom is -0.380 e. The number of amides is 1. The normalized spacial score (nSPS) is 18.6. The molecule has 14 heavy (non-hydrogen) atoms. The van der Waals surface area contributed by atoms with Gasteiger partial charge in [0.1, 0.15) is 6.33 Å². The Hall–Kier alpha value is -1.36. The maximum Gasteiger partial charge on any atom is 0.326 e. The van der Waals surface area contributed by atoms with Crippen molar-refractivity contribution in [3.8, 4) is 0 Å². The maximum absolute atomic E-state index is 11.5. The van der Waals surface area contributed by atoms with E-state index in [0.717, 1.165) is 13.2 Å². The second-order valence-corrected chi connectivity index (χ2v) is 3.93. The molecule has 1 aromatic rings.